The molecule has 5 nitrogen and oxygen atoms in total. The normalized spacial score (nSPS) is 35.4. The second-order valence-electron chi connectivity index (χ2n) is 4.59. The number of ether oxygens (including phenoxy) is 1. The minimum absolute atomic E-state index is 0.0587. The lowest BCUT2D eigenvalue weighted by atomic mass is 10.0. The van der Waals surface area contributed by atoms with Crippen molar-refractivity contribution in [3.63, 3.8) is 0 Å². The number of methoxy groups -OCH3 is 1. The number of amides is 1. The number of aliphatic hydroxyl groups is 1. The molecule has 0 aromatic heterocycles. The van der Waals surface area contributed by atoms with E-state index in [2.05, 4.69) is 5.32 Å². The third-order valence-corrected chi connectivity index (χ3v) is 3.46. The fourth-order valence-electron chi connectivity index (χ4n) is 2.45. The van der Waals surface area contributed by atoms with Crippen molar-refractivity contribution in [2.75, 3.05) is 26.7 Å². The first-order valence-corrected chi connectivity index (χ1v) is 5.95. The number of nitrogens with one attached hydrogen (secondary N) is 1. The van der Waals surface area contributed by atoms with Gasteiger partial charge in [0, 0.05) is 20.2 Å². The molecule has 0 saturated carbocycles. The SMILES string of the molecule is CO[C@@H]1CN(C(=O)[C@H]2CCCCN2)C[C@@H]1O. The van der Waals surface area contributed by atoms with Crippen molar-refractivity contribution >= 4 is 5.91 Å². The Balaban J connectivity index is 1.90. The van der Waals surface area contributed by atoms with Crippen molar-refractivity contribution in [3.05, 3.63) is 0 Å². The maximum Gasteiger partial charge on any atom is 0.239 e. The monoisotopic (exact) mass is 228 g/mol. The highest BCUT2D eigenvalue weighted by molar-refractivity contribution is 5.82. The van der Waals surface area contributed by atoms with Crippen LogP contribution in [0.3, 0.4) is 0 Å². The molecule has 1 amide bonds. The molecule has 0 spiro atoms. The van der Waals surface area contributed by atoms with Gasteiger partial charge in [-0.1, -0.05) is 6.42 Å². The summed E-state index contributed by atoms with van der Waals surface area (Å²) >= 11 is 0. The van der Waals surface area contributed by atoms with Crippen molar-refractivity contribution < 1.29 is 14.6 Å². The number of nitrogens with zero attached hydrogens (tertiary/aromatic N) is 1. The van der Waals surface area contributed by atoms with E-state index in [0.29, 0.717) is 13.1 Å². The average molecular weight is 228 g/mol. The summed E-state index contributed by atoms with van der Waals surface area (Å²) in [4.78, 5) is 13.8. The topological polar surface area (TPSA) is 61.8 Å². The van der Waals surface area contributed by atoms with Gasteiger partial charge >= 0.3 is 0 Å². The molecule has 5 heteroatoms. The fourth-order valence-corrected chi connectivity index (χ4v) is 2.45. The molecule has 0 aromatic carbocycles. The van der Waals surface area contributed by atoms with Crippen molar-refractivity contribution in [2.45, 2.75) is 37.5 Å². The molecule has 2 fully saturated rings. The first kappa shape index (κ1) is 11.8. The van der Waals surface area contributed by atoms with Gasteiger partial charge < -0.3 is 20.1 Å². The minimum atomic E-state index is -0.544. The predicted molar refractivity (Wildman–Crippen MR) is 59.0 cm³/mol. The van der Waals surface area contributed by atoms with Gasteiger partial charge in [-0.05, 0) is 19.4 Å². The highest BCUT2D eigenvalue weighted by Gasteiger charge is 2.36. The Morgan fingerprint density at radius 3 is 2.81 bits per heavy atom. The van der Waals surface area contributed by atoms with E-state index in [1.54, 1.807) is 12.0 Å². The Kier molecular flexibility index (Phi) is 3.78. The van der Waals surface area contributed by atoms with Crippen molar-refractivity contribution in [1.82, 2.24) is 10.2 Å². The van der Waals surface area contributed by atoms with Gasteiger partial charge in [-0.15, -0.1) is 0 Å². The van der Waals surface area contributed by atoms with Gasteiger partial charge in [0.2, 0.25) is 5.91 Å². The summed E-state index contributed by atoms with van der Waals surface area (Å²) in [6, 6.07) is -0.0587. The molecule has 16 heavy (non-hydrogen) atoms. The van der Waals surface area contributed by atoms with Crippen molar-refractivity contribution in [3.8, 4) is 0 Å². The number of carbonyl (C=O) groups excluding carboxylic acids is 1. The molecule has 92 valence electrons. The summed E-state index contributed by atoms with van der Waals surface area (Å²) in [6.07, 6.45) is 2.38. The minimum Gasteiger partial charge on any atom is -0.388 e. The molecule has 2 aliphatic heterocycles. The van der Waals surface area contributed by atoms with Crippen LogP contribution in [0, 0.1) is 0 Å². The molecule has 2 rings (SSSR count). The van der Waals surface area contributed by atoms with Crippen LogP contribution >= 0.6 is 0 Å². The Labute approximate surface area is 95.8 Å². The van der Waals surface area contributed by atoms with E-state index in [4.69, 9.17) is 4.74 Å². The van der Waals surface area contributed by atoms with Crippen LogP contribution in [0.4, 0.5) is 0 Å². The highest BCUT2D eigenvalue weighted by atomic mass is 16.5. The first-order chi connectivity index (χ1) is 7.72. The number of rotatable bonds is 2. The second-order valence-corrected chi connectivity index (χ2v) is 4.59. The molecule has 0 bridgehead atoms. The quantitative estimate of drug-likeness (QED) is 0.659. The van der Waals surface area contributed by atoms with Gasteiger partial charge in [-0.25, -0.2) is 0 Å². The summed E-state index contributed by atoms with van der Waals surface area (Å²) in [6.45, 7) is 1.82. The Morgan fingerprint density at radius 1 is 1.44 bits per heavy atom. The van der Waals surface area contributed by atoms with Crippen LogP contribution in [0.1, 0.15) is 19.3 Å². The number of β-amino-alcohol motifs (C(OH)–C–C–N with tert-alkyl or cyclic N) is 1. The third kappa shape index (κ3) is 2.36. The Bertz CT molecular complexity index is 254. The molecule has 2 N–H and O–H groups in total. The van der Waals surface area contributed by atoms with Crippen LogP contribution in [-0.4, -0.2) is 60.9 Å². The predicted octanol–water partition coefficient (Wildman–Crippen LogP) is -0.653. The van der Waals surface area contributed by atoms with Crippen LogP contribution in [0.2, 0.25) is 0 Å². The zero-order valence-corrected chi connectivity index (χ0v) is 9.69. The van der Waals surface area contributed by atoms with E-state index in [0.717, 1.165) is 25.8 Å². The summed E-state index contributed by atoms with van der Waals surface area (Å²) in [5.74, 6) is 0.110. The Hall–Kier alpha value is -0.650. The number of likely N-dealkylation sites (tertiary alicyclic amines) is 1. The lowest BCUT2D eigenvalue weighted by Crippen LogP contribution is -2.48. The highest BCUT2D eigenvalue weighted by Crippen LogP contribution is 2.17. The number of hydrogen-bond donors (Lipinski definition) is 2. The summed E-state index contributed by atoms with van der Waals surface area (Å²) < 4.78 is 5.13. The van der Waals surface area contributed by atoms with E-state index >= 15 is 0 Å². The van der Waals surface area contributed by atoms with Crippen LogP contribution in [-0.2, 0) is 9.53 Å². The number of carbonyl (C=O) groups is 1. The van der Waals surface area contributed by atoms with Crippen molar-refractivity contribution in [2.24, 2.45) is 0 Å². The molecule has 2 saturated heterocycles. The smallest absolute Gasteiger partial charge is 0.239 e. The summed E-state index contributed by atoms with van der Waals surface area (Å²) in [7, 11) is 1.57. The van der Waals surface area contributed by atoms with E-state index < -0.39 is 6.10 Å². The lowest BCUT2D eigenvalue weighted by Gasteiger charge is -2.27. The lowest BCUT2D eigenvalue weighted by molar-refractivity contribution is -0.133. The van der Waals surface area contributed by atoms with Crippen LogP contribution in [0.15, 0.2) is 0 Å². The molecule has 0 radical (unpaired) electrons. The third-order valence-electron chi connectivity index (χ3n) is 3.46. The molecular weight excluding hydrogens is 208 g/mol. The van der Waals surface area contributed by atoms with Gasteiger partial charge in [0.1, 0.15) is 6.10 Å². The molecule has 0 unspecified atom stereocenters. The van der Waals surface area contributed by atoms with Crippen LogP contribution < -0.4 is 5.32 Å². The van der Waals surface area contributed by atoms with Gasteiger partial charge in [0.15, 0.2) is 0 Å². The molecular formula is C11H20N2O3. The maximum absolute atomic E-state index is 12.1. The fraction of sp³-hybridized carbons (Fsp3) is 0.909. The molecule has 0 aliphatic carbocycles. The number of hydrogen-bond acceptors (Lipinski definition) is 4. The summed E-state index contributed by atoms with van der Waals surface area (Å²) in [5.41, 5.74) is 0. The largest absolute Gasteiger partial charge is 0.388 e. The molecule has 3 atom stereocenters. The summed E-state index contributed by atoms with van der Waals surface area (Å²) in [5, 5.41) is 12.9. The van der Waals surface area contributed by atoms with Crippen LogP contribution in [0.25, 0.3) is 0 Å². The van der Waals surface area contributed by atoms with Gasteiger partial charge in [-0.2, -0.15) is 0 Å². The van der Waals surface area contributed by atoms with Gasteiger partial charge in [0.25, 0.3) is 0 Å². The van der Waals surface area contributed by atoms with E-state index in [1.807, 2.05) is 0 Å². The zero-order valence-electron chi connectivity index (χ0n) is 9.69. The van der Waals surface area contributed by atoms with E-state index in [1.165, 1.54) is 0 Å². The average Bonchev–Trinajstić information content (AvgIpc) is 2.71. The van der Waals surface area contributed by atoms with Crippen molar-refractivity contribution in [1.29, 1.82) is 0 Å². The number of piperidine rings is 1. The molecule has 2 heterocycles. The molecule has 0 aromatic rings. The Morgan fingerprint density at radius 2 is 2.25 bits per heavy atom. The van der Waals surface area contributed by atoms with Crippen LogP contribution in [0.5, 0.6) is 0 Å². The van der Waals surface area contributed by atoms with E-state index in [-0.39, 0.29) is 18.1 Å². The van der Waals surface area contributed by atoms with Gasteiger partial charge in [-0.3, -0.25) is 4.79 Å². The molecule has 2 aliphatic rings. The second kappa shape index (κ2) is 5.12. The first-order valence-electron chi connectivity index (χ1n) is 5.95. The zero-order chi connectivity index (χ0) is 11.5. The maximum atomic E-state index is 12.1. The van der Waals surface area contributed by atoms with Gasteiger partial charge in [0.05, 0.1) is 12.1 Å². The standard InChI is InChI=1S/C11H20N2O3/c1-16-10-7-13(6-9(10)14)11(15)8-4-2-3-5-12-8/h8-10,12,14H,2-7H2,1H3/t8-,9+,10-/m1/s1. The number of aliphatic hydroxyl groups excluding tert-OH is 1. The van der Waals surface area contributed by atoms with E-state index in [9.17, 15) is 9.90 Å².